The molecule has 0 radical (unpaired) electrons. The van der Waals surface area contributed by atoms with Crippen LogP contribution < -0.4 is 10.6 Å². The summed E-state index contributed by atoms with van der Waals surface area (Å²) in [6.07, 6.45) is 1.43. The summed E-state index contributed by atoms with van der Waals surface area (Å²) >= 11 is 0. The van der Waals surface area contributed by atoms with E-state index >= 15 is 0 Å². The number of methoxy groups -OCH3 is 1. The van der Waals surface area contributed by atoms with Gasteiger partial charge in [0, 0.05) is 46.0 Å². The van der Waals surface area contributed by atoms with Crippen LogP contribution in [0.4, 0.5) is 5.82 Å². The van der Waals surface area contributed by atoms with Crippen molar-refractivity contribution in [3.05, 3.63) is 23.9 Å². The second kappa shape index (κ2) is 6.67. The molecule has 0 aromatic carbocycles. The Morgan fingerprint density at radius 2 is 2.10 bits per heavy atom. The van der Waals surface area contributed by atoms with E-state index in [-0.39, 0.29) is 12.0 Å². The van der Waals surface area contributed by atoms with E-state index in [1.54, 1.807) is 20.2 Å². The van der Waals surface area contributed by atoms with E-state index in [4.69, 9.17) is 10.5 Å². The molecule has 110 valence electrons. The molecule has 1 saturated heterocycles. The zero-order chi connectivity index (χ0) is 14.5. The van der Waals surface area contributed by atoms with E-state index in [0.717, 1.165) is 24.5 Å². The highest BCUT2D eigenvalue weighted by atomic mass is 16.5. The molecular formula is C14H22N4O2. The minimum Gasteiger partial charge on any atom is -0.372 e. The van der Waals surface area contributed by atoms with Crippen LogP contribution in [0.15, 0.2) is 18.3 Å². The third-order valence-electron chi connectivity index (χ3n) is 3.66. The predicted molar refractivity (Wildman–Crippen MR) is 77.4 cm³/mol. The highest BCUT2D eigenvalue weighted by Gasteiger charge is 2.25. The van der Waals surface area contributed by atoms with E-state index < -0.39 is 0 Å². The van der Waals surface area contributed by atoms with Gasteiger partial charge in [0.25, 0.3) is 5.91 Å². The van der Waals surface area contributed by atoms with Gasteiger partial charge in [-0.25, -0.2) is 4.98 Å². The van der Waals surface area contributed by atoms with Crippen LogP contribution in [-0.2, 0) is 16.1 Å². The molecule has 1 atom stereocenters. The smallest absolute Gasteiger partial charge is 0.251 e. The Balaban J connectivity index is 1.92. The minimum atomic E-state index is -0.372. The number of piperazine rings is 1. The first kappa shape index (κ1) is 14.7. The van der Waals surface area contributed by atoms with E-state index in [9.17, 15) is 4.79 Å². The molecule has 1 unspecified atom stereocenters. The van der Waals surface area contributed by atoms with E-state index in [2.05, 4.69) is 9.88 Å². The summed E-state index contributed by atoms with van der Waals surface area (Å²) in [5.41, 5.74) is 6.59. The van der Waals surface area contributed by atoms with E-state index in [0.29, 0.717) is 19.6 Å². The summed E-state index contributed by atoms with van der Waals surface area (Å²) in [4.78, 5) is 20.4. The number of anilines is 1. The zero-order valence-electron chi connectivity index (χ0n) is 12.1. The van der Waals surface area contributed by atoms with Gasteiger partial charge in [-0.15, -0.1) is 0 Å². The molecule has 6 nitrogen and oxygen atoms in total. The molecule has 0 spiro atoms. The third-order valence-corrected chi connectivity index (χ3v) is 3.66. The first-order valence-corrected chi connectivity index (χ1v) is 6.87. The number of amides is 1. The Bertz CT molecular complexity index is 441. The number of hydrogen-bond acceptors (Lipinski definition) is 5. The summed E-state index contributed by atoms with van der Waals surface area (Å²) in [5, 5.41) is 0. The number of carbonyl (C=O) groups is 1. The fraction of sp³-hybridized carbons (Fsp3) is 0.571. The SMILES string of the molecule is COC(C)C(=O)N1CCN(c2ccc(CN)cn2)CC1. The van der Waals surface area contributed by atoms with E-state index in [1.165, 1.54) is 0 Å². The number of carbonyl (C=O) groups excluding carboxylic acids is 1. The Kier molecular flexibility index (Phi) is 4.92. The lowest BCUT2D eigenvalue weighted by atomic mass is 10.2. The highest BCUT2D eigenvalue weighted by Crippen LogP contribution is 2.14. The maximum atomic E-state index is 12.0. The lowest BCUT2D eigenvalue weighted by Crippen LogP contribution is -2.51. The first-order valence-electron chi connectivity index (χ1n) is 6.87. The molecule has 1 aromatic rings. The van der Waals surface area contributed by atoms with Crippen LogP contribution in [0, 0.1) is 0 Å². The van der Waals surface area contributed by atoms with Crippen molar-refractivity contribution in [1.82, 2.24) is 9.88 Å². The van der Waals surface area contributed by atoms with Crippen molar-refractivity contribution in [2.75, 3.05) is 38.2 Å². The van der Waals surface area contributed by atoms with Crippen molar-refractivity contribution in [3.8, 4) is 0 Å². The predicted octanol–water partition coefficient (Wildman–Crippen LogP) is 0.224. The normalized spacial score (nSPS) is 17.1. The van der Waals surface area contributed by atoms with Crippen molar-refractivity contribution < 1.29 is 9.53 Å². The van der Waals surface area contributed by atoms with Crippen LogP contribution in [0.2, 0.25) is 0 Å². The molecule has 0 aliphatic carbocycles. The zero-order valence-corrected chi connectivity index (χ0v) is 12.1. The van der Waals surface area contributed by atoms with Crippen LogP contribution in [0.25, 0.3) is 0 Å². The van der Waals surface area contributed by atoms with Crippen molar-refractivity contribution >= 4 is 11.7 Å². The second-order valence-electron chi connectivity index (χ2n) is 4.92. The number of nitrogens with two attached hydrogens (primary N) is 1. The minimum absolute atomic E-state index is 0.0542. The van der Waals surface area contributed by atoms with Crippen LogP contribution in [0.1, 0.15) is 12.5 Å². The molecule has 0 bridgehead atoms. The first-order chi connectivity index (χ1) is 9.65. The third kappa shape index (κ3) is 3.26. The van der Waals surface area contributed by atoms with Crippen molar-refractivity contribution in [2.45, 2.75) is 19.6 Å². The molecule has 1 amide bonds. The highest BCUT2D eigenvalue weighted by molar-refractivity contribution is 5.80. The van der Waals surface area contributed by atoms with Gasteiger partial charge in [0.05, 0.1) is 0 Å². The number of nitrogens with zero attached hydrogens (tertiary/aromatic N) is 3. The van der Waals surface area contributed by atoms with Gasteiger partial charge in [-0.05, 0) is 18.6 Å². The average Bonchev–Trinajstić information content (AvgIpc) is 2.53. The number of pyridine rings is 1. The number of aromatic nitrogens is 1. The molecule has 2 N–H and O–H groups in total. The second-order valence-corrected chi connectivity index (χ2v) is 4.92. The summed E-state index contributed by atoms with van der Waals surface area (Å²) in [6, 6.07) is 3.98. The Hall–Kier alpha value is -1.66. The molecule has 2 heterocycles. The van der Waals surface area contributed by atoms with Crippen LogP contribution in [0.5, 0.6) is 0 Å². The number of rotatable bonds is 4. The lowest BCUT2D eigenvalue weighted by molar-refractivity contribution is -0.141. The monoisotopic (exact) mass is 278 g/mol. The topological polar surface area (TPSA) is 71.7 Å². The lowest BCUT2D eigenvalue weighted by Gasteiger charge is -2.36. The Morgan fingerprint density at radius 1 is 1.40 bits per heavy atom. The number of ether oxygens (including phenoxy) is 1. The molecule has 2 rings (SSSR count). The quantitative estimate of drug-likeness (QED) is 0.853. The Morgan fingerprint density at radius 3 is 2.60 bits per heavy atom. The molecular weight excluding hydrogens is 256 g/mol. The van der Waals surface area contributed by atoms with Crippen LogP contribution in [0.3, 0.4) is 0 Å². The van der Waals surface area contributed by atoms with Gasteiger partial charge in [-0.1, -0.05) is 6.07 Å². The van der Waals surface area contributed by atoms with Gasteiger partial charge < -0.3 is 20.3 Å². The van der Waals surface area contributed by atoms with Crippen molar-refractivity contribution in [2.24, 2.45) is 5.73 Å². The van der Waals surface area contributed by atoms with Gasteiger partial charge in [-0.3, -0.25) is 4.79 Å². The average molecular weight is 278 g/mol. The number of hydrogen-bond donors (Lipinski definition) is 1. The van der Waals surface area contributed by atoms with Crippen LogP contribution in [-0.4, -0.2) is 55.2 Å². The summed E-state index contributed by atoms with van der Waals surface area (Å²) < 4.78 is 5.07. The maximum Gasteiger partial charge on any atom is 0.251 e. The molecule has 1 fully saturated rings. The molecule has 20 heavy (non-hydrogen) atoms. The standard InChI is InChI=1S/C14H22N4O2/c1-11(20-2)14(19)18-7-5-17(6-8-18)13-4-3-12(9-15)10-16-13/h3-4,10-11H,5-9,15H2,1-2H3. The maximum absolute atomic E-state index is 12.0. The van der Waals surface area contributed by atoms with Crippen molar-refractivity contribution in [3.63, 3.8) is 0 Å². The molecule has 6 heteroatoms. The summed E-state index contributed by atoms with van der Waals surface area (Å²) in [5.74, 6) is 0.993. The van der Waals surface area contributed by atoms with E-state index in [1.807, 2.05) is 17.0 Å². The van der Waals surface area contributed by atoms with Gasteiger partial charge >= 0.3 is 0 Å². The summed E-state index contributed by atoms with van der Waals surface area (Å²) in [6.45, 7) is 5.26. The van der Waals surface area contributed by atoms with Crippen LogP contribution >= 0.6 is 0 Å². The van der Waals surface area contributed by atoms with Gasteiger partial charge in [-0.2, -0.15) is 0 Å². The Labute approximate surface area is 119 Å². The van der Waals surface area contributed by atoms with Gasteiger partial charge in [0.1, 0.15) is 11.9 Å². The largest absolute Gasteiger partial charge is 0.372 e. The van der Waals surface area contributed by atoms with Gasteiger partial charge in [0.15, 0.2) is 0 Å². The fourth-order valence-corrected chi connectivity index (χ4v) is 2.24. The molecule has 1 aromatic heterocycles. The molecule has 0 saturated carbocycles. The fourth-order valence-electron chi connectivity index (χ4n) is 2.24. The summed E-state index contributed by atoms with van der Waals surface area (Å²) in [7, 11) is 1.56. The van der Waals surface area contributed by atoms with Gasteiger partial charge in [0.2, 0.25) is 0 Å². The van der Waals surface area contributed by atoms with Crippen molar-refractivity contribution in [1.29, 1.82) is 0 Å². The molecule has 1 aliphatic heterocycles. The molecule has 1 aliphatic rings.